The van der Waals surface area contributed by atoms with Crippen molar-refractivity contribution in [2.75, 3.05) is 6.54 Å². The Morgan fingerprint density at radius 2 is 1.94 bits per heavy atom. The third kappa shape index (κ3) is 4.85. The van der Waals surface area contributed by atoms with Crippen LogP contribution < -0.4 is 11.1 Å². The number of aliphatic hydroxyl groups is 1. The molecule has 0 aliphatic heterocycles. The van der Waals surface area contributed by atoms with E-state index in [1.807, 2.05) is 44.2 Å². The molecule has 1 amide bonds. The third-order valence-corrected chi connectivity index (χ3v) is 2.89. The minimum absolute atomic E-state index is 0.121. The smallest absolute Gasteiger partial charge is 0.237 e. The summed E-state index contributed by atoms with van der Waals surface area (Å²) in [4.78, 5) is 11.7. The Balaban J connectivity index is 2.38. The van der Waals surface area contributed by atoms with Gasteiger partial charge in [-0.15, -0.1) is 0 Å². The van der Waals surface area contributed by atoms with E-state index < -0.39 is 12.1 Å². The lowest BCUT2D eigenvalue weighted by atomic mass is 10.1. The maximum Gasteiger partial charge on any atom is 0.237 e. The first-order chi connectivity index (χ1) is 8.50. The molecule has 4 nitrogen and oxygen atoms in total. The molecule has 0 saturated heterocycles. The Kier molecular flexibility index (Phi) is 5.82. The Hall–Kier alpha value is -1.39. The number of nitrogens with two attached hydrogens (primary N) is 1. The number of aliphatic hydroxyl groups excluding tert-OH is 1. The van der Waals surface area contributed by atoms with Crippen molar-refractivity contribution in [1.29, 1.82) is 0 Å². The van der Waals surface area contributed by atoms with Crippen molar-refractivity contribution < 1.29 is 9.90 Å². The highest BCUT2D eigenvalue weighted by atomic mass is 16.3. The third-order valence-electron chi connectivity index (χ3n) is 2.89. The van der Waals surface area contributed by atoms with Gasteiger partial charge in [0.1, 0.15) is 0 Å². The van der Waals surface area contributed by atoms with E-state index in [1.54, 1.807) is 0 Å². The number of benzene rings is 1. The zero-order chi connectivity index (χ0) is 13.5. The number of nitrogens with one attached hydrogen (secondary N) is 1. The highest BCUT2D eigenvalue weighted by molar-refractivity contribution is 5.81. The van der Waals surface area contributed by atoms with Gasteiger partial charge in [0, 0.05) is 6.54 Å². The van der Waals surface area contributed by atoms with Crippen LogP contribution in [-0.4, -0.2) is 29.7 Å². The van der Waals surface area contributed by atoms with Crippen LogP contribution in [0.1, 0.15) is 19.4 Å². The quantitative estimate of drug-likeness (QED) is 0.695. The lowest BCUT2D eigenvalue weighted by Gasteiger charge is -2.17. The first kappa shape index (κ1) is 14.7. The van der Waals surface area contributed by atoms with Crippen molar-refractivity contribution in [3.63, 3.8) is 0 Å². The van der Waals surface area contributed by atoms with Gasteiger partial charge >= 0.3 is 0 Å². The van der Waals surface area contributed by atoms with Gasteiger partial charge < -0.3 is 16.2 Å². The summed E-state index contributed by atoms with van der Waals surface area (Å²) < 4.78 is 0. The number of hydrogen-bond donors (Lipinski definition) is 3. The number of amides is 1. The van der Waals surface area contributed by atoms with Crippen LogP contribution in [0.2, 0.25) is 0 Å². The van der Waals surface area contributed by atoms with E-state index >= 15 is 0 Å². The Morgan fingerprint density at radius 3 is 2.50 bits per heavy atom. The minimum Gasteiger partial charge on any atom is -0.391 e. The fraction of sp³-hybridized carbons (Fsp3) is 0.500. The average molecular weight is 250 g/mol. The van der Waals surface area contributed by atoms with E-state index in [0.717, 1.165) is 5.56 Å². The highest BCUT2D eigenvalue weighted by Gasteiger charge is 2.16. The van der Waals surface area contributed by atoms with E-state index in [-0.39, 0.29) is 18.4 Å². The maximum atomic E-state index is 11.7. The van der Waals surface area contributed by atoms with Crippen LogP contribution in [0.3, 0.4) is 0 Å². The van der Waals surface area contributed by atoms with Crippen molar-refractivity contribution in [2.24, 2.45) is 11.7 Å². The van der Waals surface area contributed by atoms with Gasteiger partial charge in [0.2, 0.25) is 5.91 Å². The van der Waals surface area contributed by atoms with Gasteiger partial charge in [-0.05, 0) is 17.9 Å². The fourth-order valence-electron chi connectivity index (χ4n) is 1.53. The first-order valence-corrected chi connectivity index (χ1v) is 6.26. The van der Waals surface area contributed by atoms with Gasteiger partial charge in [-0.2, -0.15) is 0 Å². The molecule has 4 N–H and O–H groups in total. The molecule has 4 heteroatoms. The van der Waals surface area contributed by atoms with Gasteiger partial charge in [0.15, 0.2) is 0 Å². The molecule has 1 unspecified atom stereocenters. The van der Waals surface area contributed by atoms with Crippen molar-refractivity contribution in [2.45, 2.75) is 32.4 Å². The molecule has 100 valence electrons. The molecule has 1 aromatic rings. The standard InChI is InChI=1S/C14H22N2O2/c1-10(2)13(17)9-16-14(18)12(15)8-11-6-4-3-5-7-11/h3-7,10,12-13,17H,8-9,15H2,1-2H3,(H,16,18)/t12-,13?/m0/s1. The minimum atomic E-state index is -0.577. The molecule has 0 aliphatic rings. The summed E-state index contributed by atoms with van der Waals surface area (Å²) in [6, 6.07) is 9.07. The largest absolute Gasteiger partial charge is 0.391 e. The molecule has 2 atom stereocenters. The van der Waals surface area contributed by atoms with Gasteiger partial charge in [-0.25, -0.2) is 0 Å². The Labute approximate surface area is 108 Å². The Bertz CT molecular complexity index is 365. The molecule has 0 bridgehead atoms. The van der Waals surface area contributed by atoms with Gasteiger partial charge in [0.05, 0.1) is 12.1 Å². The molecular formula is C14H22N2O2. The zero-order valence-electron chi connectivity index (χ0n) is 11.0. The summed E-state index contributed by atoms with van der Waals surface area (Å²) >= 11 is 0. The summed E-state index contributed by atoms with van der Waals surface area (Å²) in [7, 11) is 0. The number of rotatable bonds is 6. The van der Waals surface area contributed by atoms with Crippen LogP contribution in [0.15, 0.2) is 30.3 Å². The zero-order valence-corrected chi connectivity index (χ0v) is 11.0. The predicted molar refractivity (Wildman–Crippen MR) is 72.0 cm³/mol. The van der Waals surface area contributed by atoms with Crippen LogP contribution in [0.4, 0.5) is 0 Å². The monoisotopic (exact) mass is 250 g/mol. The van der Waals surface area contributed by atoms with Crippen molar-refractivity contribution in [1.82, 2.24) is 5.32 Å². The van der Waals surface area contributed by atoms with Crippen LogP contribution >= 0.6 is 0 Å². The average Bonchev–Trinajstić information content (AvgIpc) is 2.36. The van der Waals surface area contributed by atoms with E-state index in [0.29, 0.717) is 6.42 Å². The summed E-state index contributed by atoms with van der Waals surface area (Å²) in [5.74, 6) is -0.103. The number of hydrogen-bond acceptors (Lipinski definition) is 3. The van der Waals surface area contributed by atoms with Crippen LogP contribution in [0.25, 0.3) is 0 Å². The molecule has 1 rings (SSSR count). The summed E-state index contributed by atoms with van der Waals surface area (Å²) in [5.41, 5.74) is 6.85. The summed E-state index contributed by atoms with van der Waals surface area (Å²) in [6.07, 6.45) is -0.0253. The van der Waals surface area contributed by atoms with Crippen molar-refractivity contribution in [3.05, 3.63) is 35.9 Å². The lowest BCUT2D eigenvalue weighted by Crippen LogP contribution is -2.45. The normalized spacial score (nSPS) is 14.3. The van der Waals surface area contributed by atoms with Gasteiger partial charge in [-0.1, -0.05) is 44.2 Å². The molecule has 0 fully saturated rings. The van der Waals surface area contributed by atoms with E-state index in [2.05, 4.69) is 5.32 Å². The second-order valence-electron chi connectivity index (χ2n) is 4.85. The highest BCUT2D eigenvalue weighted by Crippen LogP contribution is 2.02. The molecule has 18 heavy (non-hydrogen) atoms. The van der Waals surface area contributed by atoms with E-state index in [1.165, 1.54) is 0 Å². The molecule has 1 aromatic carbocycles. The Morgan fingerprint density at radius 1 is 1.33 bits per heavy atom. The first-order valence-electron chi connectivity index (χ1n) is 6.26. The van der Waals surface area contributed by atoms with Gasteiger partial charge in [-0.3, -0.25) is 4.79 Å². The maximum absolute atomic E-state index is 11.7. The fourth-order valence-corrected chi connectivity index (χ4v) is 1.53. The summed E-state index contributed by atoms with van der Waals surface area (Å²) in [5, 5.41) is 12.3. The van der Waals surface area contributed by atoms with E-state index in [4.69, 9.17) is 5.73 Å². The summed E-state index contributed by atoms with van der Waals surface area (Å²) in [6.45, 7) is 4.06. The molecular weight excluding hydrogens is 228 g/mol. The second-order valence-corrected chi connectivity index (χ2v) is 4.85. The SMILES string of the molecule is CC(C)C(O)CNC(=O)[C@@H](N)Cc1ccccc1. The number of carbonyl (C=O) groups is 1. The predicted octanol–water partition coefficient (Wildman–Crippen LogP) is 0.690. The molecule has 0 aromatic heterocycles. The number of carbonyl (C=O) groups excluding carboxylic acids is 1. The molecule has 0 radical (unpaired) electrons. The van der Waals surface area contributed by atoms with Gasteiger partial charge in [0.25, 0.3) is 0 Å². The van der Waals surface area contributed by atoms with Crippen LogP contribution in [0.5, 0.6) is 0 Å². The lowest BCUT2D eigenvalue weighted by molar-refractivity contribution is -0.122. The molecule has 0 heterocycles. The van der Waals surface area contributed by atoms with E-state index in [9.17, 15) is 9.90 Å². The van der Waals surface area contributed by atoms with Crippen LogP contribution in [0, 0.1) is 5.92 Å². The van der Waals surface area contributed by atoms with Crippen LogP contribution in [-0.2, 0) is 11.2 Å². The molecule has 0 saturated carbocycles. The molecule has 0 spiro atoms. The molecule has 0 aliphatic carbocycles. The van der Waals surface area contributed by atoms with Crippen molar-refractivity contribution >= 4 is 5.91 Å². The van der Waals surface area contributed by atoms with Crippen molar-refractivity contribution in [3.8, 4) is 0 Å². The second kappa shape index (κ2) is 7.13. The topological polar surface area (TPSA) is 75.3 Å².